The average molecular weight is 282 g/mol. The van der Waals surface area contributed by atoms with Crippen LogP contribution in [0, 0.1) is 6.92 Å². The molecule has 0 spiro atoms. The maximum absolute atomic E-state index is 9.95. The molecule has 3 heteroatoms. The molecule has 2 nitrogen and oxygen atoms in total. The molecule has 0 aliphatic heterocycles. The van der Waals surface area contributed by atoms with Crippen molar-refractivity contribution in [2.75, 3.05) is 20.6 Å². The fourth-order valence-corrected chi connectivity index (χ4v) is 4.17. The first kappa shape index (κ1) is 11.7. The maximum atomic E-state index is 9.95. The van der Waals surface area contributed by atoms with Gasteiger partial charge in [-0.1, -0.05) is 0 Å². The number of phenolic OH excluding ortho intramolecular Hbond substituents is 1. The summed E-state index contributed by atoms with van der Waals surface area (Å²) in [6.07, 6.45) is 1.03. The molecule has 0 radical (unpaired) electrons. The number of nitrogens with zero attached hydrogens (tertiary/aromatic N) is 1. The summed E-state index contributed by atoms with van der Waals surface area (Å²) in [5.41, 5.74) is 2.63. The van der Waals surface area contributed by atoms with E-state index in [0.717, 1.165) is 18.4 Å². The Morgan fingerprint density at radius 1 is 1.31 bits per heavy atom. The molecule has 0 saturated carbocycles. The number of rotatable bonds is 3. The van der Waals surface area contributed by atoms with E-state index in [1.54, 1.807) is 0 Å². The monoisotopic (exact) mass is 283 g/mol. The van der Waals surface area contributed by atoms with Crippen molar-refractivity contribution >= 4 is 24.1 Å². The van der Waals surface area contributed by atoms with Crippen LogP contribution in [-0.2, 0) is 6.42 Å². The van der Waals surface area contributed by atoms with Crippen LogP contribution < -0.4 is 0 Å². The number of hydrogen-bond donors (Lipinski definition) is 1. The van der Waals surface area contributed by atoms with Gasteiger partial charge in [0.25, 0.3) is 0 Å². The van der Waals surface area contributed by atoms with Crippen LogP contribution in [0.4, 0.5) is 0 Å². The summed E-state index contributed by atoms with van der Waals surface area (Å²) >= 11 is 0.403. The third-order valence-corrected chi connectivity index (χ3v) is 5.24. The molecule has 0 aliphatic carbocycles. The molecule has 1 aromatic carbocycles. The molecule has 86 valence electrons. The molecule has 0 atom stereocenters. The summed E-state index contributed by atoms with van der Waals surface area (Å²) in [5, 5.41) is 11.1. The molecule has 0 amide bonds. The first-order valence-electron chi connectivity index (χ1n) is 5.43. The molecule has 0 unspecified atom stereocenters. The number of hydrogen-bond acceptors (Lipinski definition) is 2. The van der Waals surface area contributed by atoms with Crippen LogP contribution in [-0.4, -0.2) is 45.2 Å². The summed E-state index contributed by atoms with van der Waals surface area (Å²) in [7, 11) is 4.16. The van der Waals surface area contributed by atoms with Gasteiger partial charge >= 0.3 is 102 Å². The fraction of sp³-hybridized carbons (Fsp3) is 0.385. The molecular weight excluding hydrogens is 265 g/mol. The van der Waals surface area contributed by atoms with Gasteiger partial charge in [-0.3, -0.25) is 0 Å². The molecule has 0 bridgehead atoms. The van der Waals surface area contributed by atoms with Gasteiger partial charge in [0.15, 0.2) is 0 Å². The van der Waals surface area contributed by atoms with E-state index in [4.69, 9.17) is 0 Å². The van der Waals surface area contributed by atoms with E-state index in [0.29, 0.717) is 20.3 Å². The Labute approximate surface area is 102 Å². The van der Waals surface area contributed by atoms with Crippen LogP contribution in [0.25, 0.3) is 9.65 Å². The average Bonchev–Trinajstić information content (AvgIpc) is 2.65. The van der Waals surface area contributed by atoms with E-state index >= 15 is 0 Å². The quantitative estimate of drug-likeness (QED) is 0.871. The van der Waals surface area contributed by atoms with E-state index in [-0.39, 0.29) is 0 Å². The number of benzene rings is 1. The predicted octanol–water partition coefficient (Wildman–Crippen LogP) is 2.01. The molecule has 1 N–H and O–H groups in total. The first-order chi connectivity index (χ1) is 7.59. The minimum atomic E-state index is 0.403. The van der Waals surface area contributed by atoms with Gasteiger partial charge in [0, 0.05) is 0 Å². The Balaban J connectivity index is 2.43. The van der Waals surface area contributed by atoms with Crippen molar-refractivity contribution in [1.82, 2.24) is 4.90 Å². The third kappa shape index (κ3) is 2.17. The van der Waals surface area contributed by atoms with Gasteiger partial charge in [-0.2, -0.15) is 0 Å². The Hall–Kier alpha value is -0.761. The molecular formula is C13H17NOSe. The van der Waals surface area contributed by atoms with Crippen LogP contribution in [0.5, 0.6) is 5.75 Å². The summed E-state index contributed by atoms with van der Waals surface area (Å²) in [5.74, 6) is 0.449. The topological polar surface area (TPSA) is 23.5 Å². The van der Waals surface area contributed by atoms with Gasteiger partial charge in [0.1, 0.15) is 0 Å². The SMILES string of the molecule is Cc1ccc(O)c2c(CCN(C)C)c[se]c12. The van der Waals surface area contributed by atoms with Gasteiger partial charge in [-0.15, -0.1) is 0 Å². The Kier molecular flexibility index (Phi) is 3.38. The Morgan fingerprint density at radius 2 is 2.06 bits per heavy atom. The molecule has 1 heterocycles. The second-order valence-electron chi connectivity index (χ2n) is 4.42. The summed E-state index contributed by atoms with van der Waals surface area (Å²) in [6, 6.07) is 3.83. The van der Waals surface area contributed by atoms with Crippen molar-refractivity contribution in [2.24, 2.45) is 0 Å². The zero-order valence-electron chi connectivity index (χ0n) is 9.95. The van der Waals surface area contributed by atoms with E-state index < -0.39 is 0 Å². The van der Waals surface area contributed by atoms with Crippen LogP contribution in [0.3, 0.4) is 0 Å². The number of aromatic hydroxyl groups is 1. The number of likely N-dealkylation sites (N-methyl/N-ethyl adjacent to an activating group) is 1. The Bertz CT molecular complexity index is 502. The Morgan fingerprint density at radius 3 is 2.75 bits per heavy atom. The van der Waals surface area contributed by atoms with E-state index in [9.17, 15) is 5.11 Å². The standard InChI is InChI=1S/C13H17NOSe/c1-9-4-5-11(15)12-10(6-7-14(2)3)8-16-13(9)12/h4-5,8,15H,6-7H2,1-3H3. The summed E-state index contributed by atoms with van der Waals surface area (Å²) in [6.45, 7) is 3.16. The molecule has 0 fully saturated rings. The van der Waals surface area contributed by atoms with Gasteiger partial charge in [-0.05, 0) is 0 Å². The van der Waals surface area contributed by atoms with Gasteiger partial charge < -0.3 is 0 Å². The van der Waals surface area contributed by atoms with Crippen molar-refractivity contribution in [3.05, 3.63) is 28.2 Å². The van der Waals surface area contributed by atoms with Crippen LogP contribution >= 0.6 is 0 Å². The summed E-state index contributed by atoms with van der Waals surface area (Å²) < 4.78 is 1.36. The first-order valence-corrected chi connectivity index (χ1v) is 7.27. The third-order valence-electron chi connectivity index (χ3n) is 2.80. The zero-order valence-corrected chi connectivity index (χ0v) is 11.7. The van der Waals surface area contributed by atoms with E-state index in [1.807, 2.05) is 12.1 Å². The number of fused-ring (bicyclic) bond motifs is 1. The van der Waals surface area contributed by atoms with Crippen molar-refractivity contribution in [1.29, 1.82) is 0 Å². The number of aryl methyl sites for hydroxylation is 1. The normalized spacial score (nSPS) is 11.5. The predicted molar refractivity (Wildman–Crippen MR) is 69.5 cm³/mol. The van der Waals surface area contributed by atoms with Gasteiger partial charge in [-0.25, -0.2) is 0 Å². The molecule has 2 rings (SSSR count). The molecule has 1 aromatic heterocycles. The van der Waals surface area contributed by atoms with Crippen LogP contribution in [0.2, 0.25) is 0 Å². The van der Waals surface area contributed by atoms with Crippen LogP contribution in [0.15, 0.2) is 17.1 Å². The second kappa shape index (κ2) is 4.62. The van der Waals surface area contributed by atoms with Gasteiger partial charge in [0.2, 0.25) is 0 Å². The minimum absolute atomic E-state index is 0.403. The van der Waals surface area contributed by atoms with Crippen molar-refractivity contribution in [2.45, 2.75) is 13.3 Å². The number of phenols is 1. The van der Waals surface area contributed by atoms with Crippen molar-refractivity contribution < 1.29 is 5.11 Å². The molecule has 16 heavy (non-hydrogen) atoms. The fourth-order valence-electron chi connectivity index (χ4n) is 1.86. The van der Waals surface area contributed by atoms with Crippen molar-refractivity contribution in [3.8, 4) is 5.75 Å². The second-order valence-corrected chi connectivity index (χ2v) is 6.27. The zero-order chi connectivity index (χ0) is 11.7. The summed E-state index contributed by atoms with van der Waals surface area (Å²) in [4.78, 5) is 4.49. The molecule has 2 aromatic rings. The molecule has 0 aliphatic rings. The van der Waals surface area contributed by atoms with Crippen LogP contribution in [0.1, 0.15) is 11.1 Å². The van der Waals surface area contributed by atoms with Gasteiger partial charge in [0.05, 0.1) is 0 Å². The van der Waals surface area contributed by atoms with E-state index in [2.05, 4.69) is 30.9 Å². The molecule has 0 saturated heterocycles. The van der Waals surface area contributed by atoms with Crippen molar-refractivity contribution in [3.63, 3.8) is 0 Å². The van der Waals surface area contributed by atoms with E-state index in [1.165, 1.54) is 15.4 Å².